The Balaban J connectivity index is 1.94. The third-order valence-electron chi connectivity index (χ3n) is 3.35. The molecule has 94 valence electrons. The molecule has 1 aromatic rings. The van der Waals surface area contributed by atoms with Crippen molar-refractivity contribution in [2.75, 3.05) is 13.1 Å². The van der Waals surface area contributed by atoms with Gasteiger partial charge in [-0.3, -0.25) is 0 Å². The molecule has 0 radical (unpaired) electrons. The standard InChI is InChI=1S/C13H18F2N2/c1-9-7-16-5-4-13(9)17-8-10-6-11(14)2-3-12(10)15/h2-3,6,9,13,16-17H,4-5,7-8H2,1H3. The molecule has 2 rings (SSSR count). The van der Waals surface area contributed by atoms with Gasteiger partial charge in [-0.05, 0) is 43.6 Å². The molecule has 4 heteroatoms. The summed E-state index contributed by atoms with van der Waals surface area (Å²) in [5.41, 5.74) is 0.399. The molecule has 2 nitrogen and oxygen atoms in total. The highest BCUT2D eigenvalue weighted by Crippen LogP contribution is 2.13. The monoisotopic (exact) mass is 240 g/mol. The third kappa shape index (κ3) is 3.23. The minimum atomic E-state index is -0.387. The number of nitrogens with one attached hydrogen (secondary N) is 2. The molecule has 1 fully saturated rings. The van der Waals surface area contributed by atoms with Crippen molar-refractivity contribution in [2.45, 2.75) is 25.9 Å². The molecule has 2 atom stereocenters. The van der Waals surface area contributed by atoms with E-state index in [2.05, 4.69) is 17.6 Å². The van der Waals surface area contributed by atoms with Gasteiger partial charge < -0.3 is 10.6 Å². The van der Waals surface area contributed by atoms with Crippen molar-refractivity contribution in [1.82, 2.24) is 10.6 Å². The summed E-state index contributed by atoms with van der Waals surface area (Å²) < 4.78 is 26.4. The van der Waals surface area contributed by atoms with Crippen LogP contribution in [0, 0.1) is 17.6 Å². The Labute approximate surface area is 100 Å². The fourth-order valence-electron chi connectivity index (χ4n) is 2.24. The largest absolute Gasteiger partial charge is 0.316 e. The number of hydrogen-bond donors (Lipinski definition) is 2. The van der Waals surface area contributed by atoms with E-state index >= 15 is 0 Å². The first-order chi connectivity index (χ1) is 8.16. The van der Waals surface area contributed by atoms with E-state index in [0.717, 1.165) is 25.6 Å². The molecule has 1 saturated heterocycles. The summed E-state index contributed by atoms with van der Waals surface area (Å²) in [4.78, 5) is 0. The van der Waals surface area contributed by atoms with Gasteiger partial charge in [0.2, 0.25) is 0 Å². The lowest BCUT2D eigenvalue weighted by Gasteiger charge is -2.30. The second kappa shape index (κ2) is 5.56. The summed E-state index contributed by atoms with van der Waals surface area (Å²) in [7, 11) is 0. The summed E-state index contributed by atoms with van der Waals surface area (Å²) in [6.45, 7) is 4.50. The van der Waals surface area contributed by atoms with E-state index in [1.807, 2.05) is 0 Å². The number of halogens is 2. The summed E-state index contributed by atoms with van der Waals surface area (Å²) in [6.07, 6.45) is 1.03. The predicted octanol–water partition coefficient (Wildman–Crippen LogP) is 2.05. The fraction of sp³-hybridized carbons (Fsp3) is 0.538. The van der Waals surface area contributed by atoms with Gasteiger partial charge in [-0.25, -0.2) is 8.78 Å². The van der Waals surface area contributed by atoms with Crippen LogP contribution in [0.3, 0.4) is 0 Å². The van der Waals surface area contributed by atoms with E-state index in [4.69, 9.17) is 0 Å². The fourth-order valence-corrected chi connectivity index (χ4v) is 2.24. The average molecular weight is 240 g/mol. The minimum Gasteiger partial charge on any atom is -0.316 e. The summed E-state index contributed by atoms with van der Waals surface area (Å²) in [5.74, 6) is -0.220. The van der Waals surface area contributed by atoms with E-state index in [1.54, 1.807) is 0 Å². The lowest BCUT2D eigenvalue weighted by Crippen LogP contribution is -2.46. The first-order valence-electron chi connectivity index (χ1n) is 6.05. The van der Waals surface area contributed by atoms with Crippen LogP contribution >= 0.6 is 0 Å². The van der Waals surface area contributed by atoms with Crippen LogP contribution in [0.15, 0.2) is 18.2 Å². The maximum absolute atomic E-state index is 13.4. The average Bonchev–Trinajstić information content (AvgIpc) is 2.32. The van der Waals surface area contributed by atoms with Crippen LogP contribution in [0.25, 0.3) is 0 Å². The normalized spacial score (nSPS) is 24.9. The van der Waals surface area contributed by atoms with E-state index in [-0.39, 0.29) is 11.6 Å². The van der Waals surface area contributed by atoms with Crippen molar-refractivity contribution in [1.29, 1.82) is 0 Å². The Morgan fingerprint density at radius 3 is 3.00 bits per heavy atom. The van der Waals surface area contributed by atoms with Gasteiger partial charge in [0.25, 0.3) is 0 Å². The molecule has 17 heavy (non-hydrogen) atoms. The highest BCUT2D eigenvalue weighted by molar-refractivity contribution is 5.18. The second-order valence-electron chi connectivity index (χ2n) is 4.69. The molecule has 0 aromatic heterocycles. The SMILES string of the molecule is CC1CNCCC1NCc1cc(F)ccc1F. The predicted molar refractivity (Wildman–Crippen MR) is 63.6 cm³/mol. The van der Waals surface area contributed by atoms with Gasteiger partial charge in [0.1, 0.15) is 11.6 Å². The molecule has 1 aliphatic rings. The molecule has 0 amide bonds. The van der Waals surface area contributed by atoms with E-state index in [1.165, 1.54) is 12.1 Å². The zero-order valence-corrected chi connectivity index (χ0v) is 9.97. The van der Waals surface area contributed by atoms with Gasteiger partial charge in [0.15, 0.2) is 0 Å². The third-order valence-corrected chi connectivity index (χ3v) is 3.35. The van der Waals surface area contributed by atoms with Gasteiger partial charge in [-0.2, -0.15) is 0 Å². The maximum Gasteiger partial charge on any atom is 0.127 e. The van der Waals surface area contributed by atoms with Crippen LogP contribution in [0.5, 0.6) is 0 Å². The van der Waals surface area contributed by atoms with Crippen molar-refractivity contribution in [3.8, 4) is 0 Å². The molecule has 2 N–H and O–H groups in total. The first kappa shape index (κ1) is 12.5. The van der Waals surface area contributed by atoms with Crippen LogP contribution in [0.4, 0.5) is 8.78 Å². The molecule has 0 spiro atoms. The molecule has 1 aromatic carbocycles. The van der Waals surface area contributed by atoms with Crippen LogP contribution in [0.2, 0.25) is 0 Å². The Kier molecular flexibility index (Phi) is 4.07. The van der Waals surface area contributed by atoms with E-state index < -0.39 is 0 Å². The highest BCUT2D eigenvalue weighted by atomic mass is 19.1. The summed E-state index contributed by atoms with van der Waals surface area (Å²) in [6, 6.07) is 3.96. The van der Waals surface area contributed by atoms with Gasteiger partial charge in [-0.15, -0.1) is 0 Å². The van der Waals surface area contributed by atoms with Crippen molar-refractivity contribution >= 4 is 0 Å². The molecule has 0 bridgehead atoms. The van der Waals surface area contributed by atoms with Gasteiger partial charge >= 0.3 is 0 Å². The van der Waals surface area contributed by atoms with Crippen LogP contribution in [-0.4, -0.2) is 19.1 Å². The van der Waals surface area contributed by atoms with Crippen LogP contribution < -0.4 is 10.6 Å². The maximum atomic E-state index is 13.4. The summed E-state index contributed by atoms with van der Waals surface area (Å²) in [5, 5.41) is 6.62. The number of benzene rings is 1. The van der Waals surface area contributed by atoms with Crippen LogP contribution in [0.1, 0.15) is 18.9 Å². The lowest BCUT2D eigenvalue weighted by atomic mass is 9.95. The minimum absolute atomic E-state index is 0.347. The molecular weight excluding hydrogens is 222 g/mol. The van der Waals surface area contributed by atoms with Crippen molar-refractivity contribution in [3.63, 3.8) is 0 Å². The molecular formula is C13H18F2N2. The van der Waals surface area contributed by atoms with Gasteiger partial charge in [-0.1, -0.05) is 6.92 Å². The van der Waals surface area contributed by atoms with Crippen molar-refractivity contribution in [2.24, 2.45) is 5.92 Å². The molecule has 0 saturated carbocycles. The van der Waals surface area contributed by atoms with E-state index in [9.17, 15) is 8.78 Å². The first-order valence-corrected chi connectivity index (χ1v) is 6.05. The van der Waals surface area contributed by atoms with Gasteiger partial charge in [0.05, 0.1) is 0 Å². The Morgan fingerprint density at radius 2 is 2.24 bits per heavy atom. The molecule has 1 aliphatic heterocycles. The summed E-state index contributed by atoms with van der Waals surface area (Å²) >= 11 is 0. The van der Waals surface area contributed by atoms with E-state index in [0.29, 0.717) is 24.1 Å². The molecule has 1 heterocycles. The smallest absolute Gasteiger partial charge is 0.127 e. The number of rotatable bonds is 3. The topological polar surface area (TPSA) is 24.1 Å². The molecule has 0 aliphatic carbocycles. The second-order valence-corrected chi connectivity index (χ2v) is 4.69. The Morgan fingerprint density at radius 1 is 1.41 bits per heavy atom. The zero-order chi connectivity index (χ0) is 12.3. The van der Waals surface area contributed by atoms with Crippen molar-refractivity contribution < 1.29 is 8.78 Å². The Hall–Kier alpha value is -1.00. The van der Waals surface area contributed by atoms with Crippen molar-refractivity contribution in [3.05, 3.63) is 35.4 Å². The lowest BCUT2D eigenvalue weighted by molar-refractivity contribution is 0.294. The number of hydrogen-bond acceptors (Lipinski definition) is 2. The van der Waals surface area contributed by atoms with Crippen LogP contribution in [-0.2, 0) is 6.54 Å². The quantitative estimate of drug-likeness (QED) is 0.845. The number of piperidine rings is 1. The zero-order valence-electron chi connectivity index (χ0n) is 9.97. The Bertz CT molecular complexity index is 382. The van der Waals surface area contributed by atoms with Gasteiger partial charge in [0, 0.05) is 18.2 Å². The highest BCUT2D eigenvalue weighted by Gasteiger charge is 2.20. The molecule has 2 unspecified atom stereocenters.